The molecule has 5 nitrogen and oxygen atoms in total. The van der Waals surface area contributed by atoms with Crippen molar-refractivity contribution in [1.82, 2.24) is 9.78 Å². The lowest BCUT2D eigenvalue weighted by molar-refractivity contribution is 0.269. The molecule has 2 aromatic heterocycles. The standard InChI is InChI=1S/C17H18FN3O2/c1-12-15(3-2-4-16(12)18)17-6-5-14(23-17)10-19-13-9-20-21(11-13)7-8-22/h2-6,9,11,19,22H,7-8,10H2,1H3. The highest BCUT2D eigenvalue weighted by molar-refractivity contribution is 5.62. The van der Waals surface area contributed by atoms with Gasteiger partial charge in [0, 0.05) is 11.8 Å². The minimum atomic E-state index is -0.241. The molecule has 0 saturated heterocycles. The Balaban J connectivity index is 1.68. The predicted octanol–water partition coefficient (Wildman–Crippen LogP) is 3.20. The molecular weight excluding hydrogens is 297 g/mol. The second kappa shape index (κ2) is 6.66. The molecule has 0 aliphatic carbocycles. The molecule has 0 saturated carbocycles. The van der Waals surface area contributed by atoms with Crippen LogP contribution in [0.25, 0.3) is 11.3 Å². The number of nitrogens with one attached hydrogen (secondary N) is 1. The van der Waals surface area contributed by atoms with Crippen molar-refractivity contribution in [3.05, 3.63) is 59.9 Å². The molecule has 6 heteroatoms. The Labute approximate surface area is 133 Å². The first-order chi connectivity index (χ1) is 11.2. The number of hydrogen-bond acceptors (Lipinski definition) is 4. The minimum Gasteiger partial charge on any atom is -0.459 e. The predicted molar refractivity (Wildman–Crippen MR) is 85.5 cm³/mol. The van der Waals surface area contributed by atoms with Crippen molar-refractivity contribution in [3.63, 3.8) is 0 Å². The number of rotatable bonds is 6. The molecule has 3 rings (SSSR count). The lowest BCUT2D eigenvalue weighted by Gasteiger charge is -2.04. The molecule has 0 fully saturated rings. The Hall–Kier alpha value is -2.60. The molecule has 0 unspecified atom stereocenters. The Bertz CT molecular complexity index is 795. The molecule has 23 heavy (non-hydrogen) atoms. The first-order valence-electron chi connectivity index (χ1n) is 7.39. The van der Waals surface area contributed by atoms with Crippen LogP contribution in [0.1, 0.15) is 11.3 Å². The van der Waals surface area contributed by atoms with E-state index in [9.17, 15) is 4.39 Å². The van der Waals surface area contributed by atoms with Crippen LogP contribution in [0.3, 0.4) is 0 Å². The van der Waals surface area contributed by atoms with E-state index in [1.807, 2.05) is 24.4 Å². The Morgan fingerprint density at radius 1 is 1.30 bits per heavy atom. The molecule has 0 aliphatic rings. The second-order valence-electron chi connectivity index (χ2n) is 5.25. The third-order valence-corrected chi connectivity index (χ3v) is 3.62. The van der Waals surface area contributed by atoms with Gasteiger partial charge in [0.05, 0.1) is 31.6 Å². The Kier molecular flexibility index (Phi) is 4.43. The highest BCUT2D eigenvalue weighted by Gasteiger charge is 2.10. The summed E-state index contributed by atoms with van der Waals surface area (Å²) in [6.07, 6.45) is 3.51. The van der Waals surface area contributed by atoms with E-state index >= 15 is 0 Å². The van der Waals surface area contributed by atoms with Crippen LogP contribution in [0.15, 0.2) is 47.1 Å². The highest BCUT2D eigenvalue weighted by Crippen LogP contribution is 2.27. The number of halogens is 1. The van der Waals surface area contributed by atoms with Gasteiger partial charge in [-0.1, -0.05) is 12.1 Å². The van der Waals surface area contributed by atoms with Crippen LogP contribution in [0.4, 0.5) is 10.1 Å². The average Bonchev–Trinajstić information content (AvgIpc) is 3.18. The fourth-order valence-corrected chi connectivity index (χ4v) is 2.36. The van der Waals surface area contributed by atoms with E-state index in [1.165, 1.54) is 6.07 Å². The number of aliphatic hydroxyl groups is 1. The maximum absolute atomic E-state index is 13.6. The molecule has 1 aromatic carbocycles. The van der Waals surface area contributed by atoms with Crippen LogP contribution >= 0.6 is 0 Å². The van der Waals surface area contributed by atoms with E-state index < -0.39 is 0 Å². The van der Waals surface area contributed by atoms with Gasteiger partial charge in [0.2, 0.25) is 0 Å². The summed E-state index contributed by atoms with van der Waals surface area (Å²) in [7, 11) is 0. The molecular formula is C17H18FN3O2. The van der Waals surface area contributed by atoms with Gasteiger partial charge in [-0.05, 0) is 30.7 Å². The largest absolute Gasteiger partial charge is 0.459 e. The summed E-state index contributed by atoms with van der Waals surface area (Å²) in [5.41, 5.74) is 2.18. The van der Waals surface area contributed by atoms with Crippen molar-refractivity contribution in [3.8, 4) is 11.3 Å². The highest BCUT2D eigenvalue weighted by atomic mass is 19.1. The van der Waals surface area contributed by atoms with Crippen molar-refractivity contribution >= 4 is 5.69 Å². The van der Waals surface area contributed by atoms with Crippen molar-refractivity contribution in [2.75, 3.05) is 11.9 Å². The lowest BCUT2D eigenvalue weighted by Crippen LogP contribution is -2.02. The van der Waals surface area contributed by atoms with E-state index in [1.54, 1.807) is 23.9 Å². The van der Waals surface area contributed by atoms with Gasteiger partial charge in [-0.15, -0.1) is 0 Å². The summed E-state index contributed by atoms with van der Waals surface area (Å²) in [4.78, 5) is 0. The third kappa shape index (κ3) is 3.43. The third-order valence-electron chi connectivity index (χ3n) is 3.62. The molecule has 0 aliphatic heterocycles. The van der Waals surface area contributed by atoms with Crippen molar-refractivity contribution in [1.29, 1.82) is 0 Å². The zero-order valence-electron chi connectivity index (χ0n) is 12.8. The number of hydrogen-bond donors (Lipinski definition) is 2. The maximum Gasteiger partial charge on any atom is 0.134 e. The van der Waals surface area contributed by atoms with Gasteiger partial charge >= 0.3 is 0 Å². The lowest BCUT2D eigenvalue weighted by atomic mass is 10.1. The van der Waals surface area contributed by atoms with E-state index in [2.05, 4.69) is 10.4 Å². The summed E-state index contributed by atoms with van der Waals surface area (Å²) in [5.74, 6) is 1.16. The van der Waals surface area contributed by atoms with Gasteiger partial charge in [0.1, 0.15) is 17.3 Å². The number of furan rings is 1. The SMILES string of the molecule is Cc1c(F)cccc1-c1ccc(CNc2cnn(CCO)c2)o1. The molecule has 0 atom stereocenters. The van der Waals surface area contributed by atoms with E-state index in [0.717, 1.165) is 17.0 Å². The summed E-state index contributed by atoms with van der Waals surface area (Å²) < 4.78 is 21.1. The van der Waals surface area contributed by atoms with Crippen LogP contribution in [-0.4, -0.2) is 21.5 Å². The van der Waals surface area contributed by atoms with Crippen LogP contribution in [0.5, 0.6) is 0 Å². The van der Waals surface area contributed by atoms with Crippen molar-refractivity contribution in [2.45, 2.75) is 20.0 Å². The van der Waals surface area contributed by atoms with Gasteiger partial charge in [-0.2, -0.15) is 5.10 Å². The van der Waals surface area contributed by atoms with E-state index in [4.69, 9.17) is 9.52 Å². The van der Waals surface area contributed by atoms with Crippen molar-refractivity contribution < 1.29 is 13.9 Å². The fourth-order valence-electron chi connectivity index (χ4n) is 2.36. The van der Waals surface area contributed by atoms with Crippen LogP contribution < -0.4 is 5.32 Å². The number of aromatic nitrogens is 2. The van der Waals surface area contributed by atoms with Gasteiger partial charge < -0.3 is 14.8 Å². The van der Waals surface area contributed by atoms with E-state index in [0.29, 0.717) is 24.4 Å². The number of anilines is 1. The van der Waals surface area contributed by atoms with Gasteiger partial charge in [-0.3, -0.25) is 4.68 Å². The average molecular weight is 315 g/mol. The summed E-state index contributed by atoms with van der Waals surface area (Å²) >= 11 is 0. The first kappa shape index (κ1) is 15.3. The number of nitrogens with zero attached hydrogens (tertiary/aromatic N) is 2. The van der Waals surface area contributed by atoms with Crippen LogP contribution in [0.2, 0.25) is 0 Å². The summed E-state index contributed by atoms with van der Waals surface area (Å²) in [5, 5.41) is 16.2. The molecule has 3 aromatic rings. The summed E-state index contributed by atoms with van der Waals surface area (Å²) in [6.45, 7) is 2.75. The molecule has 0 bridgehead atoms. The number of benzene rings is 1. The topological polar surface area (TPSA) is 63.2 Å². The quantitative estimate of drug-likeness (QED) is 0.733. The molecule has 0 amide bonds. The maximum atomic E-state index is 13.6. The smallest absolute Gasteiger partial charge is 0.134 e. The first-order valence-corrected chi connectivity index (χ1v) is 7.39. The van der Waals surface area contributed by atoms with Gasteiger partial charge in [-0.25, -0.2) is 4.39 Å². The molecule has 2 heterocycles. The normalized spacial score (nSPS) is 10.9. The summed E-state index contributed by atoms with van der Waals surface area (Å²) in [6, 6.07) is 8.66. The zero-order valence-corrected chi connectivity index (χ0v) is 12.8. The fraction of sp³-hybridized carbons (Fsp3) is 0.235. The molecule has 0 spiro atoms. The molecule has 2 N–H and O–H groups in total. The van der Waals surface area contributed by atoms with Crippen molar-refractivity contribution in [2.24, 2.45) is 0 Å². The molecule has 0 radical (unpaired) electrons. The Morgan fingerprint density at radius 2 is 2.17 bits per heavy atom. The monoisotopic (exact) mass is 315 g/mol. The Morgan fingerprint density at radius 3 is 3.00 bits per heavy atom. The van der Waals surface area contributed by atoms with E-state index in [-0.39, 0.29) is 12.4 Å². The zero-order chi connectivity index (χ0) is 16.2. The molecule has 120 valence electrons. The van der Waals surface area contributed by atoms with Gasteiger partial charge in [0.15, 0.2) is 0 Å². The minimum absolute atomic E-state index is 0.0512. The number of aliphatic hydroxyl groups excluding tert-OH is 1. The van der Waals surface area contributed by atoms with Gasteiger partial charge in [0.25, 0.3) is 0 Å². The second-order valence-corrected chi connectivity index (χ2v) is 5.25. The van der Waals surface area contributed by atoms with Crippen LogP contribution in [-0.2, 0) is 13.1 Å². The van der Waals surface area contributed by atoms with Crippen LogP contribution in [0, 0.1) is 12.7 Å².